The molecule has 13 aromatic rings. The summed E-state index contributed by atoms with van der Waals surface area (Å²) in [5.74, 6) is 4.75. The number of benzene rings is 9. The number of halogens is 1. The highest BCUT2D eigenvalue weighted by Crippen LogP contribution is 2.40. The van der Waals surface area contributed by atoms with Gasteiger partial charge in [-0.15, -0.1) is 0 Å². The fourth-order valence-corrected chi connectivity index (χ4v) is 12.1. The number of hydrogen-bond acceptors (Lipinski definition) is 21. The zero-order chi connectivity index (χ0) is 79.4. The topological polar surface area (TPSA) is 323 Å². The van der Waals surface area contributed by atoms with Crippen LogP contribution in [0.3, 0.4) is 0 Å². The van der Waals surface area contributed by atoms with Gasteiger partial charge in [-0.1, -0.05) is 91.9 Å². The van der Waals surface area contributed by atoms with E-state index in [1.165, 1.54) is 39.8 Å². The van der Waals surface area contributed by atoms with Crippen LogP contribution in [-0.2, 0) is 25.8 Å². The van der Waals surface area contributed by atoms with Gasteiger partial charge in [0.2, 0.25) is 65.1 Å². The summed E-state index contributed by atoms with van der Waals surface area (Å²) in [6.07, 6.45) is 5.31. The van der Waals surface area contributed by atoms with Crippen LogP contribution in [0, 0.1) is 5.82 Å². The van der Waals surface area contributed by atoms with Gasteiger partial charge in [-0.3, -0.25) is 50.2 Å². The lowest BCUT2D eigenvalue weighted by molar-refractivity contribution is -0.115. The molecule has 0 radical (unpaired) electrons. The monoisotopic (exact) mass is 1510 g/mol. The van der Waals surface area contributed by atoms with Gasteiger partial charge in [0.1, 0.15) is 18.5 Å². The van der Waals surface area contributed by atoms with Crippen LogP contribution in [0.15, 0.2) is 187 Å². The van der Waals surface area contributed by atoms with Gasteiger partial charge >= 0.3 is 0 Å². The Morgan fingerprint density at radius 2 is 0.759 bits per heavy atom. The Hall–Kier alpha value is -13.9. The van der Waals surface area contributed by atoms with Crippen LogP contribution < -0.4 is 69.5 Å². The van der Waals surface area contributed by atoms with Gasteiger partial charge in [-0.25, -0.2) is 24.3 Å². The third-order valence-corrected chi connectivity index (χ3v) is 17.4. The van der Waals surface area contributed by atoms with Gasteiger partial charge < -0.3 is 42.6 Å². The fraction of sp³-hybridized carbons (Fsp3) is 0.224. The minimum absolute atomic E-state index is 0.111. The summed E-state index contributed by atoms with van der Waals surface area (Å²) < 4.78 is 63.3. The van der Waals surface area contributed by atoms with Gasteiger partial charge in [-0.05, 0) is 179 Å². The van der Waals surface area contributed by atoms with Crippen molar-refractivity contribution in [3.63, 3.8) is 0 Å². The number of carbonyl (C=O) groups is 4. The van der Waals surface area contributed by atoms with Crippen LogP contribution in [0.5, 0.6) is 52.1 Å². The highest BCUT2D eigenvalue weighted by molar-refractivity contribution is 5.96. The average Bonchev–Trinajstić information content (AvgIpc) is 0.952. The molecular weight excluding hydrogens is 1430 g/mol. The number of carbonyl (C=O) groups excluding carboxylic acids is 4. The van der Waals surface area contributed by atoms with Crippen LogP contribution in [0.1, 0.15) is 72.3 Å². The second-order valence-corrected chi connectivity index (χ2v) is 25.5. The van der Waals surface area contributed by atoms with E-state index in [0.29, 0.717) is 92.8 Å². The van der Waals surface area contributed by atoms with Crippen molar-refractivity contribution in [1.29, 1.82) is 0 Å². The first-order valence-electron chi connectivity index (χ1n) is 35.7. The first kappa shape index (κ1) is 79.2. The summed E-state index contributed by atoms with van der Waals surface area (Å²) in [5.41, 5.74) is 10.6. The quantitative estimate of drug-likeness (QED) is 0.0421. The van der Waals surface area contributed by atoms with Crippen molar-refractivity contribution in [2.75, 3.05) is 70.5 Å². The number of fused-ring (bicyclic) bond motifs is 4. The minimum Gasteiger partial charge on any atom is -0.493 e. The molecule has 0 bridgehead atoms. The Balaban J connectivity index is 0.000000149. The second-order valence-electron chi connectivity index (χ2n) is 25.5. The summed E-state index contributed by atoms with van der Waals surface area (Å²) in [6, 6.07) is 55.8. The molecular formula is C85H83FN12O14. The van der Waals surface area contributed by atoms with E-state index >= 15 is 0 Å². The van der Waals surface area contributed by atoms with E-state index in [9.17, 15) is 28.4 Å². The lowest BCUT2D eigenvalue weighted by Gasteiger charge is -2.16. The van der Waals surface area contributed by atoms with Crippen LogP contribution in [0.2, 0.25) is 0 Å². The Kier molecular flexibility index (Phi) is 26.4. The molecule has 0 saturated heterocycles. The van der Waals surface area contributed by atoms with E-state index in [1.54, 1.807) is 73.0 Å². The van der Waals surface area contributed by atoms with E-state index in [0.717, 1.165) is 98.3 Å². The first-order valence-corrected chi connectivity index (χ1v) is 35.7. The van der Waals surface area contributed by atoms with E-state index in [1.807, 2.05) is 146 Å². The number of nitrogens with one attached hydrogen (secondary N) is 5. The van der Waals surface area contributed by atoms with E-state index in [-0.39, 0.29) is 64.9 Å². The van der Waals surface area contributed by atoms with Crippen LogP contribution in [0.4, 0.5) is 28.2 Å². The smallest absolute Gasteiger partial charge is 0.260 e. The fourth-order valence-electron chi connectivity index (χ4n) is 12.1. The maximum atomic E-state index is 13.0. The van der Waals surface area contributed by atoms with Crippen molar-refractivity contribution in [2.24, 2.45) is 0 Å². The van der Waals surface area contributed by atoms with E-state index in [2.05, 4.69) is 61.1 Å². The molecule has 27 heteroatoms. The molecule has 0 aliphatic heterocycles. The predicted molar refractivity (Wildman–Crippen MR) is 429 cm³/mol. The Morgan fingerprint density at radius 1 is 0.402 bits per heavy atom. The van der Waals surface area contributed by atoms with Crippen LogP contribution >= 0.6 is 0 Å². The zero-order valence-corrected chi connectivity index (χ0v) is 63.6. The molecule has 1 saturated carbocycles. The first-order chi connectivity index (χ1) is 54.2. The van der Waals surface area contributed by atoms with Gasteiger partial charge in [0.15, 0.2) is 34.5 Å². The minimum atomic E-state index is -0.349. The van der Waals surface area contributed by atoms with Crippen LogP contribution in [-0.4, -0.2) is 119 Å². The summed E-state index contributed by atoms with van der Waals surface area (Å²) in [5, 5.41) is 13.1. The molecule has 1 aliphatic carbocycles. The zero-order valence-electron chi connectivity index (χ0n) is 63.6. The molecule has 0 spiro atoms. The van der Waals surface area contributed by atoms with Crippen molar-refractivity contribution in [1.82, 2.24) is 39.9 Å². The Bertz CT molecular complexity index is 5630. The lowest BCUT2D eigenvalue weighted by atomic mass is 10.0. The summed E-state index contributed by atoms with van der Waals surface area (Å²) >= 11 is 0. The molecule has 112 heavy (non-hydrogen) atoms. The Labute approximate surface area is 644 Å². The molecule has 0 atom stereocenters. The van der Waals surface area contributed by atoms with Crippen molar-refractivity contribution in [2.45, 2.75) is 79.4 Å². The number of aromatic nitrogens is 8. The van der Waals surface area contributed by atoms with Gasteiger partial charge in [-0.2, -0.15) is 15.0 Å². The third kappa shape index (κ3) is 20.3. The number of aromatic amines is 1. The molecule has 4 amide bonds. The van der Waals surface area contributed by atoms with Crippen molar-refractivity contribution in [3.8, 4) is 96.6 Å². The molecule has 574 valence electrons. The lowest BCUT2D eigenvalue weighted by Crippen LogP contribution is -2.16. The maximum Gasteiger partial charge on any atom is 0.260 e. The second kappa shape index (κ2) is 37.3. The average molecular weight is 1520 g/mol. The Morgan fingerprint density at radius 3 is 1.17 bits per heavy atom. The highest BCUT2D eigenvalue weighted by Gasteiger charge is 2.22. The molecule has 0 unspecified atom stereocenters. The van der Waals surface area contributed by atoms with Gasteiger partial charge in [0, 0.05) is 27.7 Å². The highest BCUT2D eigenvalue weighted by atomic mass is 19.1. The molecule has 5 N–H and O–H groups in total. The predicted octanol–water partition coefficient (Wildman–Crippen LogP) is 16.2. The van der Waals surface area contributed by atoms with Crippen molar-refractivity contribution >= 4 is 91.0 Å². The molecule has 1 fully saturated rings. The molecule has 26 nitrogen and oxygen atoms in total. The van der Waals surface area contributed by atoms with Crippen molar-refractivity contribution < 1.29 is 66.2 Å². The SMILES string of the molecule is CC(=O)Nc1nc2ccc(-c3ccc(F)cc3)cc2c(=O)[nH]1.CCCOc1nc(NC(C)=O)nc2ccc(-c3ccc(OC)c(OC)c3)cc12.COc1ccc(-c2ccc3nc(NC(C)=O)nc(OC4CCCC4)c3c2)cc1OC.COc1ccc(-c2ccc3nc(NC(C)=O)nc(OCc4ccccc4)c3c2)cc1OC. The summed E-state index contributed by atoms with van der Waals surface area (Å²) in [7, 11) is 9.66. The number of methoxy groups -OCH3 is 6. The number of anilines is 4. The largest absolute Gasteiger partial charge is 0.493 e. The van der Waals surface area contributed by atoms with E-state index in [4.69, 9.17) is 42.6 Å². The van der Waals surface area contributed by atoms with Gasteiger partial charge in [0.25, 0.3) is 5.56 Å². The molecule has 14 rings (SSSR count). The van der Waals surface area contributed by atoms with Crippen LogP contribution in [0.25, 0.3) is 88.1 Å². The molecule has 4 aromatic heterocycles. The van der Waals surface area contributed by atoms with E-state index < -0.39 is 0 Å². The maximum absolute atomic E-state index is 13.0. The molecule has 4 heterocycles. The number of hydrogen-bond donors (Lipinski definition) is 5. The van der Waals surface area contributed by atoms with Crippen molar-refractivity contribution in [3.05, 3.63) is 204 Å². The summed E-state index contributed by atoms with van der Waals surface area (Å²) in [6.45, 7) is 8.48. The number of rotatable bonds is 22. The molecule has 9 aromatic carbocycles. The normalized spacial score (nSPS) is 11.5. The van der Waals surface area contributed by atoms with Gasteiger partial charge in [0.05, 0.1) is 92.9 Å². The molecule has 1 aliphatic rings. The number of H-pyrrole nitrogens is 1. The number of ether oxygens (including phenoxy) is 9. The third-order valence-electron chi connectivity index (χ3n) is 17.4. The number of amides is 4. The summed E-state index contributed by atoms with van der Waals surface area (Å²) in [4.78, 5) is 90.9. The number of nitrogens with zero attached hydrogens (tertiary/aromatic N) is 7. The standard InChI is InChI=1S/C25H23N3O4.C23H25N3O4.C21H23N3O4.C16H12FN3O2/c1-16(29)26-25-27-21-11-9-18(19-10-12-22(30-2)23(14-19)31-3)13-20(21)24(28-25)32-15-17-7-5-4-6-8-17;1-14(27)24-23-25-19-10-8-15(16-9-11-20(28-2)21(13-16)29-3)12-18(19)22(26-23)30-17-6-4-5-7-17;1-5-10-28-20-16-11-14(15-7-9-18(26-3)19(12-15)27-4)6-8-17(16)23-21(24-20)22-13(2)25;1-9(21)18-16-19-14-7-4-11(8-13(14)15(22)20-16)10-2-5-12(17)6-3-10/h4-14H,15H2,1-3H3,(H,26,27,28,29);8-13,17H,4-7H2,1-3H3,(H,24,25,26,27);6-9,11-12H,5,10H2,1-4H3,(H,22,23,24,25);2-8H,1H3,(H2,18,19,20,21,22).